The van der Waals surface area contributed by atoms with E-state index in [4.69, 9.17) is 9.47 Å². The summed E-state index contributed by atoms with van der Waals surface area (Å²) < 4.78 is 11.7. The summed E-state index contributed by atoms with van der Waals surface area (Å²) in [5.74, 6) is 1.59. The summed E-state index contributed by atoms with van der Waals surface area (Å²) in [7, 11) is 1.78. The maximum Gasteiger partial charge on any atom is 0.241 e. The number of nitrogens with one attached hydrogen (secondary N) is 1. The summed E-state index contributed by atoms with van der Waals surface area (Å²) in [5.41, 5.74) is 1.39. The Balaban J connectivity index is 0.00000289. The number of likely N-dealkylation sites (tertiary alicyclic amines) is 1. The van der Waals surface area contributed by atoms with Crippen LogP contribution in [0.4, 0.5) is 0 Å². The smallest absolute Gasteiger partial charge is 0.241 e. The van der Waals surface area contributed by atoms with Gasteiger partial charge >= 0.3 is 0 Å². The number of ether oxygens (including phenoxy) is 2. The van der Waals surface area contributed by atoms with Gasteiger partial charge in [-0.05, 0) is 43.6 Å². The van der Waals surface area contributed by atoms with E-state index in [9.17, 15) is 4.79 Å². The van der Waals surface area contributed by atoms with Crippen LogP contribution in [0.5, 0.6) is 0 Å². The molecular formula is C24H37IN4O3. The first-order chi connectivity index (χ1) is 15.2. The Kier molecular flexibility index (Phi) is 10.1. The van der Waals surface area contributed by atoms with Gasteiger partial charge in [0.15, 0.2) is 5.96 Å². The van der Waals surface area contributed by atoms with E-state index < -0.39 is 0 Å². The Morgan fingerprint density at radius 2 is 1.78 bits per heavy atom. The molecule has 3 aliphatic rings. The minimum Gasteiger partial charge on any atom is -0.375 e. The highest BCUT2D eigenvalue weighted by Gasteiger charge is 2.32. The van der Waals surface area contributed by atoms with Crippen LogP contribution in [0.15, 0.2) is 35.3 Å². The molecule has 1 aromatic rings. The maximum absolute atomic E-state index is 12.8. The van der Waals surface area contributed by atoms with Crippen LogP contribution in [0.1, 0.15) is 31.2 Å². The van der Waals surface area contributed by atoms with Crippen molar-refractivity contribution in [3.63, 3.8) is 0 Å². The second-order valence-corrected chi connectivity index (χ2v) is 8.82. The summed E-state index contributed by atoms with van der Waals surface area (Å²) in [6.07, 6.45) is 5.67. The molecular weight excluding hydrogens is 519 g/mol. The van der Waals surface area contributed by atoms with Crippen LogP contribution in [-0.4, -0.2) is 86.9 Å². The fraction of sp³-hybridized carbons (Fsp3) is 0.667. The zero-order valence-electron chi connectivity index (χ0n) is 19.1. The SMILES string of the molecule is CN=C(NCC(=O)N1CCC(Cc2ccccc2)CC1)N1CCOC(C2CCCO2)C1.I. The van der Waals surface area contributed by atoms with Gasteiger partial charge in [0.25, 0.3) is 0 Å². The molecule has 3 saturated heterocycles. The first-order valence-corrected chi connectivity index (χ1v) is 11.7. The van der Waals surface area contributed by atoms with Crippen molar-refractivity contribution in [2.45, 2.75) is 44.3 Å². The van der Waals surface area contributed by atoms with Crippen LogP contribution in [0.25, 0.3) is 0 Å². The molecule has 0 aliphatic carbocycles. The van der Waals surface area contributed by atoms with Gasteiger partial charge in [-0.25, -0.2) is 0 Å². The number of amides is 1. The van der Waals surface area contributed by atoms with Crippen LogP contribution < -0.4 is 5.32 Å². The molecule has 4 rings (SSSR count). The average Bonchev–Trinajstić information content (AvgIpc) is 3.36. The molecule has 0 radical (unpaired) electrons. The second kappa shape index (κ2) is 12.7. The number of halogens is 1. The molecule has 3 heterocycles. The number of benzene rings is 1. The largest absolute Gasteiger partial charge is 0.375 e. The highest BCUT2D eigenvalue weighted by Crippen LogP contribution is 2.22. The molecule has 0 spiro atoms. The van der Waals surface area contributed by atoms with E-state index >= 15 is 0 Å². The van der Waals surface area contributed by atoms with E-state index in [2.05, 4.69) is 45.5 Å². The molecule has 0 bridgehead atoms. The fourth-order valence-electron chi connectivity index (χ4n) is 4.92. The van der Waals surface area contributed by atoms with Crippen LogP contribution in [0.3, 0.4) is 0 Å². The Bertz CT molecular complexity index is 734. The van der Waals surface area contributed by atoms with E-state index in [-0.39, 0.29) is 48.6 Å². The molecule has 3 aliphatic heterocycles. The number of morpholine rings is 1. The topological polar surface area (TPSA) is 66.4 Å². The average molecular weight is 556 g/mol. The number of aliphatic imine (C=N–C) groups is 1. The predicted octanol–water partition coefficient (Wildman–Crippen LogP) is 2.54. The maximum atomic E-state index is 12.8. The number of guanidine groups is 1. The molecule has 3 fully saturated rings. The van der Waals surface area contributed by atoms with Crippen molar-refractivity contribution in [2.24, 2.45) is 10.9 Å². The summed E-state index contributed by atoms with van der Waals surface area (Å²) in [4.78, 5) is 21.4. The Hall–Kier alpha value is -1.39. The van der Waals surface area contributed by atoms with E-state index in [1.807, 2.05) is 4.90 Å². The van der Waals surface area contributed by atoms with Gasteiger partial charge in [-0.3, -0.25) is 9.79 Å². The number of rotatable bonds is 5. The Morgan fingerprint density at radius 3 is 2.47 bits per heavy atom. The summed E-state index contributed by atoms with van der Waals surface area (Å²) in [5, 5.41) is 3.29. The molecule has 2 unspecified atom stereocenters. The highest BCUT2D eigenvalue weighted by molar-refractivity contribution is 14.0. The molecule has 0 aromatic heterocycles. The van der Waals surface area contributed by atoms with E-state index in [0.717, 1.165) is 70.8 Å². The van der Waals surface area contributed by atoms with Gasteiger partial charge in [0.1, 0.15) is 6.10 Å². The third-order valence-corrected chi connectivity index (χ3v) is 6.72. The summed E-state index contributed by atoms with van der Waals surface area (Å²) in [6, 6.07) is 10.7. The number of nitrogens with zero attached hydrogens (tertiary/aromatic N) is 3. The predicted molar refractivity (Wildman–Crippen MR) is 137 cm³/mol. The van der Waals surface area contributed by atoms with Crippen molar-refractivity contribution < 1.29 is 14.3 Å². The zero-order chi connectivity index (χ0) is 21.5. The van der Waals surface area contributed by atoms with Crippen molar-refractivity contribution in [3.8, 4) is 0 Å². The van der Waals surface area contributed by atoms with Crippen molar-refractivity contribution >= 4 is 35.8 Å². The molecule has 1 aromatic carbocycles. The van der Waals surface area contributed by atoms with Gasteiger partial charge in [-0.2, -0.15) is 0 Å². The molecule has 8 heteroatoms. The minimum atomic E-state index is 0. The quantitative estimate of drug-likeness (QED) is 0.343. The van der Waals surface area contributed by atoms with Gasteiger partial charge in [-0.1, -0.05) is 30.3 Å². The van der Waals surface area contributed by atoms with Crippen molar-refractivity contribution in [1.29, 1.82) is 0 Å². The van der Waals surface area contributed by atoms with Crippen molar-refractivity contribution in [3.05, 3.63) is 35.9 Å². The van der Waals surface area contributed by atoms with Gasteiger partial charge < -0.3 is 24.6 Å². The third kappa shape index (κ3) is 6.81. The molecule has 1 N–H and O–H groups in total. The molecule has 178 valence electrons. The van der Waals surface area contributed by atoms with E-state index in [0.29, 0.717) is 12.5 Å². The Labute approximate surface area is 208 Å². The van der Waals surface area contributed by atoms with Crippen LogP contribution >= 0.6 is 24.0 Å². The minimum absolute atomic E-state index is 0. The summed E-state index contributed by atoms with van der Waals surface area (Å²) in [6.45, 7) is 5.00. The summed E-state index contributed by atoms with van der Waals surface area (Å²) >= 11 is 0. The molecule has 32 heavy (non-hydrogen) atoms. The number of piperidine rings is 1. The highest BCUT2D eigenvalue weighted by atomic mass is 127. The lowest BCUT2D eigenvalue weighted by Gasteiger charge is -2.37. The Morgan fingerprint density at radius 1 is 1.03 bits per heavy atom. The van der Waals surface area contributed by atoms with Gasteiger partial charge in [0.05, 0.1) is 19.3 Å². The lowest BCUT2D eigenvalue weighted by atomic mass is 9.90. The standard InChI is InChI=1S/C24H36N4O3.HI/c1-25-24(28-13-15-31-22(18-28)21-8-5-14-30-21)26-17-23(29)27-11-9-20(10-12-27)16-19-6-3-2-4-7-19;/h2-4,6-7,20-22H,5,8-18H2,1H3,(H,25,26);1H. The molecule has 0 saturated carbocycles. The molecule has 1 amide bonds. The van der Waals surface area contributed by atoms with Gasteiger partial charge in [-0.15, -0.1) is 24.0 Å². The van der Waals surface area contributed by atoms with E-state index in [1.165, 1.54) is 5.56 Å². The second-order valence-electron chi connectivity index (χ2n) is 8.82. The zero-order valence-corrected chi connectivity index (χ0v) is 21.4. The normalized spacial score (nSPS) is 24.8. The number of carbonyl (C=O) groups is 1. The van der Waals surface area contributed by atoms with Crippen LogP contribution in [-0.2, 0) is 20.7 Å². The van der Waals surface area contributed by atoms with Crippen molar-refractivity contribution in [1.82, 2.24) is 15.1 Å². The number of carbonyl (C=O) groups excluding carboxylic acids is 1. The monoisotopic (exact) mass is 556 g/mol. The first-order valence-electron chi connectivity index (χ1n) is 11.7. The van der Waals surface area contributed by atoms with Gasteiger partial charge in [0.2, 0.25) is 5.91 Å². The van der Waals surface area contributed by atoms with Crippen LogP contribution in [0, 0.1) is 5.92 Å². The number of hydrogen-bond acceptors (Lipinski definition) is 4. The molecule has 7 nitrogen and oxygen atoms in total. The fourth-order valence-corrected chi connectivity index (χ4v) is 4.92. The third-order valence-electron chi connectivity index (χ3n) is 6.72. The van der Waals surface area contributed by atoms with Gasteiger partial charge in [0, 0.05) is 39.8 Å². The lowest BCUT2D eigenvalue weighted by molar-refractivity contribution is -0.131. The number of hydrogen-bond donors (Lipinski definition) is 1. The first kappa shape index (κ1) is 25.2. The molecule has 2 atom stereocenters. The van der Waals surface area contributed by atoms with Crippen LogP contribution in [0.2, 0.25) is 0 Å². The van der Waals surface area contributed by atoms with Crippen molar-refractivity contribution in [2.75, 3.05) is 53.0 Å². The lowest BCUT2D eigenvalue weighted by Crippen LogP contribution is -2.54. The van der Waals surface area contributed by atoms with E-state index in [1.54, 1.807) is 7.05 Å².